The third kappa shape index (κ3) is 2.40. The Hall–Kier alpha value is -1.39. The normalized spacial score (nSPS) is 13.9. The molecule has 0 spiro atoms. The van der Waals surface area contributed by atoms with Crippen molar-refractivity contribution < 1.29 is 14.3 Å². The lowest BCUT2D eigenvalue weighted by molar-refractivity contribution is -0.135. The second-order valence-electron chi connectivity index (χ2n) is 3.67. The molecular formula is C12H9Cl2NO3. The average molecular weight is 286 g/mol. The van der Waals surface area contributed by atoms with E-state index in [0.717, 1.165) is 0 Å². The molecule has 0 N–H and O–H groups in total. The van der Waals surface area contributed by atoms with E-state index in [0.29, 0.717) is 21.2 Å². The van der Waals surface area contributed by atoms with E-state index in [9.17, 15) is 9.59 Å². The number of carbonyl (C=O) groups is 2. The minimum Gasteiger partial charge on any atom is -0.461 e. The number of carbonyl (C=O) groups excluding carboxylic acids is 2. The maximum Gasteiger partial charge on any atom is 0.357 e. The van der Waals surface area contributed by atoms with Crippen molar-refractivity contribution in [1.29, 1.82) is 0 Å². The fourth-order valence-corrected chi connectivity index (χ4v) is 2.05. The SMILES string of the molecule is CCOC(=O)C1=NC(=O)Cc2cc(Cl)c(Cl)cc21. The number of aliphatic imine (C=N–C) groups is 1. The average Bonchev–Trinajstić information content (AvgIpc) is 2.30. The highest BCUT2D eigenvalue weighted by atomic mass is 35.5. The summed E-state index contributed by atoms with van der Waals surface area (Å²) in [6.07, 6.45) is 0.106. The molecular weight excluding hydrogens is 277 g/mol. The molecule has 0 saturated carbocycles. The van der Waals surface area contributed by atoms with E-state index < -0.39 is 11.9 Å². The first kappa shape index (κ1) is 13.1. The monoisotopic (exact) mass is 285 g/mol. The van der Waals surface area contributed by atoms with Crippen molar-refractivity contribution in [3.8, 4) is 0 Å². The van der Waals surface area contributed by atoms with Gasteiger partial charge < -0.3 is 4.74 Å². The summed E-state index contributed by atoms with van der Waals surface area (Å²) in [6.45, 7) is 1.89. The van der Waals surface area contributed by atoms with Crippen LogP contribution in [0.5, 0.6) is 0 Å². The summed E-state index contributed by atoms with van der Waals surface area (Å²) in [6, 6.07) is 3.10. The number of fused-ring (bicyclic) bond motifs is 1. The van der Waals surface area contributed by atoms with Crippen LogP contribution in [0.15, 0.2) is 17.1 Å². The van der Waals surface area contributed by atoms with Crippen LogP contribution in [0.4, 0.5) is 0 Å². The van der Waals surface area contributed by atoms with E-state index in [1.165, 1.54) is 6.07 Å². The Morgan fingerprint density at radius 3 is 2.72 bits per heavy atom. The molecule has 0 fully saturated rings. The van der Waals surface area contributed by atoms with Gasteiger partial charge >= 0.3 is 5.97 Å². The number of hydrogen-bond donors (Lipinski definition) is 0. The van der Waals surface area contributed by atoms with Crippen molar-refractivity contribution in [2.24, 2.45) is 4.99 Å². The van der Waals surface area contributed by atoms with Crippen molar-refractivity contribution in [3.63, 3.8) is 0 Å². The number of hydrogen-bond acceptors (Lipinski definition) is 3. The molecule has 0 atom stereocenters. The van der Waals surface area contributed by atoms with Crippen LogP contribution in [-0.2, 0) is 20.7 Å². The smallest absolute Gasteiger partial charge is 0.357 e. The largest absolute Gasteiger partial charge is 0.461 e. The summed E-state index contributed by atoms with van der Waals surface area (Å²) in [5.41, 5.74) is 1.12. The van der Waals surface area contributed by atoms with Gasteiger partial charge in [0.05, 0.1) is 23.1 Å². The molecule has 4 nitrogen and oxygen atoms in total. The van der Waals surface area contributed by atoms with Gasteiger partial charge in [0, 0.05) is 5.56 Å². The van der Waals surface area contributed by atoms with E-state index in [4.69, 9.17) is 27.9 Å². The van der Waals surface area contributed by atoms with Gasteiger partial charge in [-0.05, 0) is 24.6 Å². The lowest BCUT2D eigenvalue weighted by Gasteiger charge is -2.15. The number of nitrogens with zero attached hydrogens (tertiary/aromatic N) is 1. The molecule has 1 amide bonds. The lowest BCUT2D eigenvalue weighted by atomic mass is 9.97. The first-order chi connectivity index (χ1) is 8.52. The van der Waals surface area contributed by atoms with Gasteiger partial charge in [0.2, 0.25) is 0 Å². The van der Waals surface area contributed by atoms with Gasteiger partial charge in [0.1, 0.15) is 0 Å². The van der Waals surface area contributed by atoms with Crippen molar-refractivity contribution >= 4 is 40.8 Å². The van der Waals surface area contributed by atoms with Crippen molar-refractivity contribution in [1.82, 2.24) is 0 Å². The third-order valence-electron chi connectivity index (χ3n) is 2.45. The maximum absolute atomic E-state index is 11.7. The summed E-state index contributed by atoms with van der Waals surface area (Å²) in [5, 5.41) is 0.648. The number of benzene rings is 1. The van der Waals surface area contributed by atoms with Crippen LogP contribution in [0.3, 0.4) is 0 Å². The minimum atomic E-state index is -0.634. The molecule has 0 saturated heterocycles. The molecule has 18 heavy (non-hydrogen) atoms. The van der Waals surface area contributed by atoms with Gasteiger partial charge in [0.15, 0.2) is 5.71 Å². The Bertz CT molecular complexity index is 567. The van der Waals surface area contributed by atoms with E-state index in [1.807, 2.05) is 0 Å². The predicted octanol–water partition coefficient (Wildman–Crippen LogP) is 2.43. The van der Waals surface area contributed by atoms with Gasteiger partial charge in [-0.25, -0.2) is 9.79 Å². The molecule has 1 aromatic rings. The summed E-state index contributed by atoms with van der Waals surface area (Å²) in [7, 11) is 0. The van der Waals surface area contributed by atoms with Crippen molar-refractivity contribution in [2.45, 2.75) is 13.3 Å². The fourth-order valence-electron chi connectivity index (χ4n) is 1.70. The predicted molar refractivity (Wildman–Crippen MR) is 68.3 cm³/mol. The lowest BCUT2D eigenvalue weighted by Crippen LogP contribution is -2.26. The number of esters is 1. The Balaban J connectivity index is 2.53. The molecule has 6 heteroatoms. The highest BCUT2D eigenvalue weighted by Crippen LogP contribution is 2.29. The second kappa shape index (κ2) is 5.08. The topological polar surface area (TPSA) is 55.7 Å². The highest BCUT2D eigenvalue weighted by molar-refractivity contribution is 6.47. The van der Waals surface area contributed by atoms with Crippen LogP contribution in [0, 0.1) is 0 Å². The zero-order chi connectivity index (χ0) is 13.3. The highest BCUT2D eigenvalue weighted by Gasteiger charge is 2.26. The van der Waals surface area contributed by atoms with Gasteiger partial charge in [-0.1, -0.05) is 23.2 Å². The fraction of sp³-hybridized carbons (Fsp3) is 0.250. The van der Waals surface area contributed by atoms with Crippen LogP contribution in [0.25, 0.3) is 0 Å². The van der Waals surface area contributed by atoms with Crippen molar-refractivity contribution in [3.05, 3.63) is 33.3 Å². The molecule has 1 aliphatic rings. The standard InChI is InChI=1S/C12H9Cl2NO3/c1-2-18-12(17)11-7-5-9(14)8(13)3-6(7)4-10(16)15-11/h3,5H,2,4H2,1H3. The van der Waals surface area contributed by atoms with E-state index in [-0.39, 0.29) is 18.7 Å². The molecule has 0 unspecified atom stereocenters. The first-order valence-electron chi connectivity index (χ1n) is 5.30. The molecule has 2 rings (SSSR count). The summed E-state index contributed by atoms with van der Waals surface area (Å²) >= 11 is 11.8. The van der Waals surface area contributed by atoms with Gasteiger partial charge in [-0.15, -0.1) is 0 Å². The quantitative estimate of drug-likeness (QED) is 0.784. The summed E-state index contributed by atoms with van der Waals surface area (Å²) in [4.78, 5) is 26.9. The van der Waals surface area contributed by atoms with Gasteiger partial charge in [-0.2, -0.15) is 0 Å². The van der Waals surface area contributed by atoms with Gasteiger partial charge in [0.25, 0.3) is 5.91 Å². The van der Waals surface area contributed by atoms with Crippen LogP contribution in [0.2, 0.25) is 10.0 Å². The van der Waals surface area contributed by atoms with E-state index >= 15 is 0 Å². The van der Waals surface area contributed by atoms with Gasteiger partial charge in [-0.3, -0.25) is 4.79 Å². The Kier molecular flexibility index (Phi) is 3.68. The van der Waals surface area contributed by atoms with Crippen LogP contribution in [-0.4, -0.2) is 24.2 Å². The van der Waals surface area contributed by atoms with Crippen molar-refractivity contribution in [2.75, 3.05) is 6.61 Å². The molecule has 0 aliphatic carbocycles. The third-order valence-corrected chi connectivity index (χ3v) is 3.17. The second-order valence-corrected chi connectivity index (χ2v) is 4.49. The molecule has 1 aromatic carbocycles. The molecule has 0 bridgehead atoms. The maximum atomic E-state index is 11.7. The molecule has 0 aromatic heterocycles. The molecule has 1 heterocycles. The molecule has 0 radical (unpaired) electrons. The minimum absolute atomic E-state index is 0.0123. The summed E-state index contributed by atoms with van der Waals surface area (Å²) in [5.74, 6) is -1.03. The zero-order valence-electron chi connectivity index (χ0n) is 9.50. The van der Waals surface area contributed by atoms with Crippen LogP contribution >= 0.6 is 23.2 Å². The first-order valence-corrected chi connectivity index (χ1v) is 6.05. The summed E-state index contributed by atoms with van der Waals surface area (Å²) < 4.78 is 4.86. The van der Waals surface area contributed by atoms with E-state index in [2.05, 4.69) is 4.99 Å². The number of amides is 1. The number of rotatable bonds is 2. The van der Waals surface area contributed by atoms with E-state index in [1.54, 1.807) is 13.0 Å². The van der Waals surface area contributed by atoms with Crippen LogP contribution in [0.1, 0.15) is 18.1 Å². The Morgan fingerprint density at radius 1 is 1.39 bits per heavy atom. The zero-order valence-corrected chi connectivity index (χ0v) is 11.0. The Labute approximate surface area is 114 Å². The Morgan fingerprint density at radius 2 is 2.06 bits per heavy atom. The molecule has 1 aliphatic heterocycles. The molecule has 94 valence electrons. The number of halogens is 2. The van der Waals surface area contributed by atoms with Crippen LogP contribution < -0.4 is 0 Å². The number of ether oxygens (including phenoxy) is 1.